The number of carbonyl (C=O) groups is 1. The highest BCUT2D eigenvalue weighted by atomic mass is 16.5. The van der Waals surface area contributed by atoms with Gasteiger partial charge in [0, 0.05) is 19.6 Å². The maximum atomic E-state index is 10.8. The third kappa shape index (κ3) is 5.31. The Kier molecular flexibility index (Phi) is 6.48. The number of carboxylic acid groups (broad SMARTS) is 1. The lowest BCUT2D eigenvalue weighted by molar-refractivity contribution is -0.137. The number of morpholine rings is 1. The highest BCUT2D eigenvalue weighted by molar-refractivity contribution is 5.66. The Morgan fingerprint density at radius 1 is 1.22 bits per heavy atom. The largest absolute Gasteiger partial charge is 0.489 e. The van der Waals surface area contributed by atoms with Crippen LogP contribution in [0.1, 0.15) is 34.8 Å². The number of ether oxygens (including phenoxy) is 2. The van der Waals surface area contributed by atoms with Crippen LogP contribution in [-0.4, -0.2) is 42.2 Å². The van der Waals surface area contributed by atoms with Gasteiger partial charge in [0.05, 0.1) is 19.1 Å². The average molecular weight is 369 g/mol. The second-order valence-corrected chi connectivity index (χ2v) is 7.04. The van der Waals surface area contributed by atoms with Gasteiger partial charge in [-0.1, -0.05) is 30.3 Å². The summed E-state index contributed by atoms with van der Waals surface area (Å²) in [5.74, 6) is 0.0856. The number of hydrogen-bond donors (Lipinski definition) is 1. The summed E-state index contributed by atoms with van der Waals surface area (Å²) < 4.78 is 11.9. The molecule has 144 valence electrons. The number of rotatable bonds is 7. The van der Waals surface area contributed by atoms with Crippen molar-refractivity contribution in [3.8, 4) is 5.75 Å². The molecule has 1 unspecified atom stereocenters. The minimum atomic E-state index is -0.760. The fourth-order valence-corrected chi connectivity index (χ4v) is 3.38. The molecule has 1 fully saturated rings. The molecule has 5 heteroatoms. The van der Waals surface area contributed by atoms with Gasteiger partial charge >= 0.3 is 5.97 Å². The highest BCUT2D eigenvalue weighted by Gasteiger charge is 2.23. The second kappa shape index (κ2) is 9.02. The second-order valence-electron chi connectivity index (χ2n) is 7.04. The summed E-state index contributed by atoms with van der Waals surface area (Å²) >= 11 is 0. The Morgan fingerprint density at radius 2 is 2.04 bits per heavy atom. The molecule has 1 aliphatic rings. The van der Waals surface area contributed by atoms with Crippen molar-refractivity contribution in [2.45, 2.75) is 33.0 Å². The minimum absolute atomic E-state index is 0.0297. The van der Waals surface area contributed by atoms with Crippen molar-refractivity contribution < 1.29 is 19.4 Å². The zero-order valence-electron chi connectivity index (χ0n) is 16.0. The number of hydrogen-bond acceptors (Lipinski definition) is 4. The zero-order chi connectivity index (χ0) is 19.2. The first-order chi connectivity index (χ1) is 13.0. The van der Waals surface area contributed by atoms with E-state index in [1.165, 1.54) is 11.1 Å². The van der Waals surface area contributed by atoms with Crippen LogP contribution in [0.2, 0.25) is 0 Å². The standard InChI is InChI=1S/C22H27NO4/c1-16-5-3-4-6-18(16)15-27-19-7-8-20(17(2)13-19)21-14-23(11-12-26-21)10-9-22(24)25/h3-8,13,21H,9-12,14-15H2,1-2H3,(H,24,25). The summed E-state index contributed by atoms with van der Waals surface area (Å²) in [7, 11) is 0. The summed E-state index contributed by atoms with van der Waals surface area (Å²) in [6, 6.07) is 14.3. The molecule has 1 atom stereocenters. The quantitative estimate of drug-likeness (QED) is 0.806. The molecule has 0 radical (unpaired) electrons. The molecular formula is C22H27NO4. The summed E-state index contributed by atoms with van der Waals surface area (Å²) in [5.41, 5.74) is 4.67. The van der Waals surface area contributed by atoms with E-state index in [1.807, 2.05) is 24.3 Å². The van der Waals surface area contributed by atoms with Gasteiger partial charge in [-0.05, 0) is 48.2 Å². The van der Waals surface area contributed by atoms with Crippen molar-refractivity contribution in [3.63, 3.8) is 0 Å². The van der Waals surface area contributed by atoms with Gasteiger partial charge in [-0.15, -0.1) is 0 Å². The van der Waals surface area contributed by atoms with Crippen LogP contribution in [0, 0.1) is 13.8 Å². The number of aryl methyl sites for hydroxylation is 2. The predicted molar refractivity (Wildman–Crippen MR) is 104 cm³/mol. The first-order valence-electron chi connectivity index (χ1n) is 9.36. The molecule has 1 heterocycles. The Labute approximate surface area is 160 Å². The molecule has 0 aromatic heterocycles. The Balaban J connectivity index is 1.62. The average Bonchev–Trinajstić information content (AvgIpc) is 2.66. The molecular weight excluding hydrogens is 342 g/mol. The van der Waals surface area contributed by atoms with E-state index in [4.69, 9.17) is 14.6 Å². The summed E-state index contributed by atoms with van der Waals surface area (Å²) in [6.45, 7) is 7.38. The maximum Gasteiger partial charge on any atom is 0.304 e. The van der Waals surface area contributed by atoms with Gasteiger partial charge in [0.25, 0.3) is 0 Å². The van der Waals surface area contributed by atoms with E-state index in [2.05, 4.69) is 36.9 Å². The van der Waals surface area contributed by atoms with Gasteiger partial charge in [-0.25, -0.2) is 0 Å². The fraction of sp³-hybridized carbons (Fsp3) is 0.409. The van der Waals surface area contributed by atoms with E-state index in [0.29, 0.717) is 19.8 Å². The van der Waals surface area contributed by atoms with Gasteiger partial charge in [0.2, 0.25) is 0 Å². The summed E-state index contributed by atoms with van der Waals surface area (Å²) in [5, 5.41) is 8.88. The Hall–Kier alpha value is -2.37. The summed E-state index contributed by atoms with van der Waals surface area (Å²) in [4.78, 5) is 13.0. The van der Waals surface area contributed by atoms with E-state index in [-0.39, 0.29) is 12.5 Å². The monoisotopic (exact) mass is 369 g/mol. The van der Waals surface area contributed by atoms with Crippen molar-refractivity contribution in [2.75, 3.05) is 26.2 Å². The van der Waals surface area contributed by atoms with Crippen molar-refractivity contribution in [1.29, 1.82) is 0 Å². The molecule has 27 heavy (non-hydrogen) atoms. The predicted octanol–water partition coefficient (Wildman–Crippen LogP) is 3.73. The molecule has 0 aliphatic carbocycles. The van der Waals surface area contributed by atoms with Crippen LogP contribution in [0.3, 0.4) is 0 Å². The molecule has 0 bridgehead atoms. The van der Waals surface area contributed by atoms with Crippen LogP contribution >= 0.6 is 0 Å². The topological polar surface area (TPSA) is 59.0 Å². The number of nitrogens with zero attached hydrogens (tertiary/aromatic N) is 1. The molecule has 0 saturated carbocycles. The molecule has 1 aliphatic heterocycles. The van der Waals surface area contributed by atoms with Crippen LogP contribution in [0.4, 0.5) is 0 Å². The van der Waals surface area contributed by atoms with E-state index < -0.39 is 5.97 Å². The van der Waals surface area contributed by atoms with Gasteiger partial charge in [0.1, 0.15) is 12.4 Å². The highest BCUT2D eigenvalue weighted by Crippen LogP contribution is 2.28. The number of aliphatic carboxylic acids is 1. The van der Waals surface area contributed by atoms with E-state index in [0.717, 1.165) is 30.0 Å². The SMILES string of the molecule is Cc1ccccc1COc1ccc(C2CN(CCC(=O)O)CCO2)c(C)c1. The molecule has 0 spiro atoms. The van der Waals surface area contributed by atoms with Gasteiger partial charge in [-0.3, -0.25) is 9.69 Å². The molecule has 1 saturated heterocycles. The third-order valence-corrected chi connectivity index (χ3v) is 5.04. The lowest BCUT2D eigenvalue weighted by Gasteiger charge is -2.33. The lowest BCUT2D eigenvalue weighted by Crippen LogP contribution is -2.39. The molecule has 5 nitrogen and oxygen atoms in total. The minimum Gasteiger partial charge on any atom is -0.489 e. The normalized spacial score (nSPS) is 17.6. The van der Waals surface area contributed by atoms with Crippen LogP contribution in [0.5, 0.6) is 5.75 Å². The first kappa shape index (κ1) is 19.4. The lowest BCUT2D eigenvalue weighted by atomic mass is 10.0. The first-order valence-corrected chi connectivity index (χ1v) is 9.36. The smallest absolute Gasteiger partial charge is 0.304 e. The van der Waals surface area contributed by atoms with Gasteiger partial charge in [-0.2, -0.15) is 0 Å². The third-order valence-electron chi connectivity index (χ3n) is 5.04. The maximum absolute atomic E-state index is 10.8. The van der Waals surface area contributed by atoms with Crippen LogP contribution in [-0.2, 0) is 16.1 Å². The molecule has 1 N–H and O–H groups in total. The molecule has 2 aromatic carbocycles. The fourth-order valence-electron chi connectivity index (χ4n) is 3.38. The summed E-state index contributed by atoms with van der Waals surface area (Å²) in [6.07, 6.45) is 0.134. The van der Waals surface area contributed by atoms with Crippen molar-refractivity contribution >= 4 is 5.97 Å². The van der Waals surface area contributed by atoms with Crippen molar-refractivity contribution in [2.24, 2.45) is 0 Å². The number of carboxylic acids is 1. The van der Waals surface area contributed by atoms with Crippen LogP contribution < -0.4 is 4.74 Å². The Bertz CT molecular complexity index is 790. The zero-order valence-corrected chi connectivity index (χ0v) is 16.0. The Morgan fingerprint density at radius 3 is 2.78 bits per heavy atom. The van der Waals surface area contributed by atoms with E-state index >= 15 is 0 Å². The van der Waals surface area contributed by atoms with E-state index in [9.17, 15) is 4.79 Å². The molecule has 0 amide bonds. The van der Waals surface area contributed by atoms with Crippen LogP contribution in [0.15, 0.2) is 42.5 Å². The van der Waals surface area contributed by atoms with Crippen molar-refractivity contribution in [1.82, 2.24) is 4.90 Å². The van der Waals surface area contributed by atoms with Crippen molar-refractivity contribution in [3.05, 3.63) is 64.7 Å². The number of benzene rings is 2. The van der Waals surface area contributed by atoms with E-state index in [1.54, 1.807) is 0 Å². The molecule has 3 rings (SSSR count). The van der Waals surface area contributed by atoms with Crippen LogP contribution in [0.25, 0.3) is 0 Å². The van der Waals surface area contributed by atoms with Gasteiger partial charge < -0.3 is 14.6 Å². The van der Waals surface area contributed by atoms with Gasteiger partial charge in [0.15, 0.2) is 0 Å². The molecule has 2 aromatic rings.